The Morgan fingerprint density at radius 1 is 1.03 bits per heavy atom. The van der Waals surface area contributed by atoms with Gasteiger partial charge in [-0.2, -0.15) is 0 Å². The molecule has 4 N–H and O–H groups in total. The number of para-hydroxylation sites is 2. The van der Waals surface area contributed by atoms with Crippen molar-refractivity contribution in [1.82, 2.24) is 10.5 Å². The fraction of sp³-hybridized carbons (Fsp3) is 0.292. The third-order valence-electron chi connectivity index (χ3n) is 5.46. The van der Waals surface area contributed by atoms with Crippen molar-refractivity contribution in [2.75, 3.05) is 6.61 Å². The van der Waals surface area contributed by atoms with Gasteiger partial charge in [-0.1, -0.05) is 54.4 Å². The second-order valence-electron chi connectivity index (χ2n) is 7.70. The zero-order chi connectivity index (χ0) is 22.3. The number of aliphatic imine (C=N–C) groups is 1. The van der Waals surface area contributed by atoms with Gasteiger partial charge in [0.05, 0.1) is 11.3 Å². The molecule has 0 unspecified atom stereocenters. The highest BCUT2D eigenvalue weighted by Crippen LogP contribution is 2.35. The molecule has 166 valence electrons. The first kappa shape index (κ1) is 21.6. The molecule has 0 radical (unpaired) electrons. The molecule has 0 saturated carbocycles. The lowest BCUT2D eigenvalue weighted by Crippen LogP contribution is -2.17. The highest BCUT2D eigenvalue weighted by molar-refractivity contribution is 6.58. The van der Waals surface area contributed by atoms with E-state index in [9.17, 15) is 9.90 Å². The lowest BCUT2D eigenvalue weighted by atomic mass is 10.0. The number of carbonyl (C=O) groups excluding carboxylic acids is 1. The van der Waals surface area contributed by atoms with Crippen molar-refractivity contribution in [1.29, 1.82) is 0 Å². The Kier molecular flexibility index (Phi) is 6.81. The van der Waals surface area contributed by atoms with Crippen LogP contribution in [0.1, 0.15) is 49.7 Å². The number of nitrogens with one attached hydrogen (secondary N) is 2. The first-order valence-electron chi connectivity index (χ1n) is 10.8. The van der Waals surface area contributed by atoms with Crippen LogP contribution in [-0.2, 0) is 9.63 Å². The molecule has 1 aromatic heterocycles. The Labute approximate surface area is 185 Å². The zero-order valence-electron chi connectivity index (χ0n) is 17.7. The van der Waals surface area contributed by atoms with Crippen LogP contribution in [0.25, 0.3) is 10.9 Å². The van der Waals surface area contributed by atoms with Crippen molar-refractivity contribution in [3.8, 4) is 5.88 Å². The van der Waals surface area contributed by atoms with Crippen molar-refractivity contribution < 1.29 is 19.9 Å². The van der Waals surface area contributed by atoms with E-state index < -0.39 is 0 Å². The Hall–Kier alpha value is -3.65. The molecule has 32 heavy (non-hydrogen) atoms. The minimum atomic E-state index is -0.347. The molecule has 0 bridgehead atoms. The third-order valence-corrected chi connectivity index (χ3v) is 5.46. The summed E-state index contributed by atoms with van der Waals surface area (Å²) in [5.74, 6) is -0.292. The van der Waals surface area contributed by atoms with Gasteiger partial charge < -0.3 is 14.9 Å². The fourth-order valence-electron chi connectivity index (χ4n) is 3.86. The van der Waals surface area contributed by atoms with Gasteiger partial charge in [0, 0.05) is 22.9 Å². The van der Waals surface area contributed by atoms with Gasteiger partial charge in [0.25, 0.3) is 0 Å². The van der Waals surface area contributed by atoms with E-state index in [0.29, 0.717) is 30.0 Å². The van der Waals surface area contributed by atoms with E-state index in [4.69, 9.17) is 15.0 Å². The minimum Gasteiger partial charge on any atom is -0.494 e. The number of carbonyl (C=O) groups is 1. The van der Waals surface area contributed by atoms with E-state index in [1.165, 1.54) is 0 Å². The van der Waals surface area contributed by atoms with Gasteiger partial charge in [-0.25, -0.2) is 10.5 Å². The molecular weight excluding hydrogens is 408 g/mol. The van der Waals surface area contributed by atoms with Gasteiger partial charge >= 0.3 is 0 Å². The number of aromatic nitrogens is 1. The fourth-order valence-corrected chi connectivity index (χ4v) is 3.86. The van der Waals surface area contributed by atoms with Gasteiger partial charge in [0.2, 0.25) is 5.91 Å². The molecule has 0 atom stereocenters. The van der Waals surface area contributed by atoms with Crippen molar-refractivity contribution in [2.45, 2.75) is 38.5 Å². The quantitative estimate of drug-likeness (QED) is 0.212. The summed E-state index contributed by atoms with van der Waals surface area (Å²) in [4.78, 5) is 24.4. The minimum absolute atomic E-state index is 0.0559. The summed E-state index contributed by atoms with van der Waals surface area (Å²) in [5.41, 5.74) is 5.95. The van der Waals surface area contributed by atoms with Crippen LogP contribution in [0.4, 0.5) is 5.69 Å². The van der Waals surface area contributed by atoms with Crippen molar-refractivity contribution in [3.63, 3.8) is 0 Å². The topological polar surface area (TPSA) is 119 Å². The van der Waals surface area contributed by atoms with Crippen LogP contribution in [0.3, 0.4) is 0 Å². The first-order valence-corrected chi connectivity index (χ1v) is 10.8. The van der Waals surface area contributed by atoms with Gasteiger partial charge in [-0.05, 0) is 31.4 Å². The van der Waals surface area contributed by atoms with Crippen LogP contribution in [0.5, 0.6) is 5.88 Å². The number of aromatic amines is 1. The molecule has 0 aliphatic carbocycles. The normalized spacial score (nSPS) is 13.9. The summed E-state index contributed by atoms with van der Waals surface area (Å²) in [7, 11) is 0. The summed E-state index contributed by atoms with van der Waals surface area (Å²) in [6.45, 7) is 0.468. The highest BCUT2D eigenvalue weighted by atomic mass is 16.6. The zero-order valence-corrected chi connectivity index (χ0v) is 17.7. The molecule has 8 heteroatoms. The number of H-pyrrole nitrogens is 1. The molecular formula is C24H26N4O4. The number of fused-ring (bicyclic) bond motifs is 2. The average Bonchev–Trinajstić information content (AvgIpc) is 3.33. The Bertz CT molecular complexity index is 1170. The van der Waals surface area contributed by atoms with Crippen molar-refractivity contribution in [3.05, 3.63) is 59.7 Å². The van der Waals surface area contributed by atoms with E-state index in [1.54, 1.807) is 5.48 Å². The van der Waals surface area contributed by atoms with E-state index in [2.05, 4.69) is 10.1 Å². The molecule has 3 aromatic rings. The number of hydrogen-bond acceptors (Lipinski definition) is 6. The number of aromatic hydroxyl groups is 1. The number of unbranched alkanes of at least 4 members (excludes halogenated alkanes) is 4. The van der Waals surface area contributed by atoms with Crippen LogP contribution >= 0.6 is 0 Å². The summed E-state index contributed by atoms with van der Waals surface area (Å²) in [6.07, 6.45) is 4.80. The standard InChI is InChI=1S/C24H26N4O4/c29-20(27-31)14-4-2-1-3-9-15-32-28-22-17-11-6-8-13-19(17)25-23(22)21-16-10-5-7-12-18(16)26-24(21)30/h5-8,10-13,26,30-31H,1-4,9,14-15H2,(H,27,29)/b28-22+. The molecule has 0 spiro atoms. The summed E-state index contributed by atoms with van der Waals surface area (Å²) in [6, 6.07) is 15.4. The number of hydrogen-bond donors (Lipinski definition) is 4. The summed E-state index contributed by atoms with van der Waals surface area (Å²) < 4.78 is 0. The van der Waals surface area contributed by atoms with Crippen LogP contribution < -0.4 is 5.48 Å². The monoisotopic (exact) mass is 434 g/mol. The van der Waals surface area contributed by atoms with Crippen molar-refractivity contribution >= 4 is 33.9 Å². The van der Waals surface area contributed by atoms with E-state index in [1.807, 2.05) is 48.5 Å². The maximum atomic E-state index is 11.0. The number of hydroxylamine groups is 1. The van der Waals surface area contributed by atoms with E-state index >= 15 is 0 Å². The van der Waals surface area contributed by atoms with Gasteiger partial charge in [0.15, 0.2) is 5.88 Å². The SMILES string of the molecule is O=C(CCCCCCCO/N=C1/C(c2c(O)[nH]c3ccccc23)=Nc2ccccc21)NO. The van der Waals surface area contributed by atoms with E-state index in [0.717, 1.165) is 54.3 Å². The Balaban J connectivity index is 1.41. The molecule has 2 heterocycles. The second-order valence-corrected chi connectivity index (χ2v) is 7.70. The maximum Gasteiger partial charge on any atom is 0.243 e. The van der Waals surface area contributed by atoms with Gasteiger partial charge in [0.1, 0.15) is 18.0 Å². The predicted octanol–water partition coefficient (Wildman–Crippen LogP) is 4.57. The Morgan fingerprint density at radius 3 is 2.66 bits per heavy atom. The van der Waals surface area contributed by atoms with Crippen LogP contribution in [0.2, 0.25) is 0 Å². The molecule has 2 aromatic carbocycles. The number of oxime groups is 1. The van der Waals surface area contributed by atoms with Crippen LogP contribution in [-0.4, -0.2) is 39.2 Å². The largest absolute Gasteiger partial charge is 0.494 e. The van der Waals surface area contributed by atoms with Gasteiger partial charge in [-0.3, -0.25) is 10.0 Å². The second kappa shape index (κ2) is 10.1. The lowest BCUT2D eigenvalue weighted by Gasteiger charge is -2.06. The number of amides is 1. The van der Waals surface area contributed by atoms with Crippen molar-refractivity contribution in [2.24, 2.45) is 10.1 Å². The third kappa shape index (κ3) is 4.65. The lowest BCUT2D eigenvalue weighted by molar-refractivity contribution is -0.129. The molecule has 1 amide bonds. The van der Waals surface area contributed by atoms with E-state index in [-0.39, 0.29) is 11.8 Å². The molecule has 1 aliphatic rings. The predicted molar refractivity (Wildman–Crippen MR) is 123 cm³/mol. The Morgan fingerprint density at radius 2 is 1.78 bits per heavy atom. The highest BCUT2D eigenvalue weighted by Gasteiger charge is 2.29. The molecule has 0 fully saturated rings. The number of rotatable bonds is 10. The van der Waals surface area contributed by atoms with Crippen LogP contribution in [0.15, 0.2) is 58.7 Å². The molecule has 1 aliphatic heterocycles. The maximum absolute atomic E-state index is 11.0. The number of nitrogens with zero attached hydrogens (tertiary/aromatic N) is 2. The first-order chi connectivity index (χ1) is 15.7. The molecule has 8 nitrogen and oxygen atoms in total. The summed E-state index contributed by atoms with van der Waals surface area (Å²) >= 11 is 0. The summed E-state index contributed by atoms with van der Waals surface area (Å²) in [5, 5.41) is 24.3. The van der Waals surface area contributed by atoms with Crippen LogP contribution in [0, 0.1) is 0 Å². The number of benzene rings is 2. The van der Waals surface area contributed by atoms with Gasteiger partial charge in [-0.15, -0.1) is 0 Å². The molecule has 4 rings (SSSR count). The molecule has 0 saturated heterocycles. The average molecular weight is 434 g/mol. The smallest absolute Gasteiger partial charge is 0.243 e.